The molecule has 1 heterocycles. The number of hydrogen-bond acceptors (Lipinski definition) is 3. The second-order valence-electron chi connectivity index (χ2n) is 5.54. The van der Waals surface area contributed by atoms with Crippen LogP contribution >= 0.6 is 11.3 Å². The molecule has 0 bridgehead atoms. The van der Waals surface area contributed by atoms with Gasteiger partial charge in [0.25, 0.3) is 5.91 Å². The van der Waals surface area contributed by atoms with Gasteiger partial charge < -0.3 is 10.1 Å². The van der Waals surface area contributed by atoms with Crippen LogP contribution in [-0.2, 0) is 0 Å². The number of carbonyl (C=O) groups is 1. The largest absolute Gasteiger partial charge is 0.457 e. The molecule has 0 aliphatic carbocycles. The normalized spacial score (nSPS) is 10.6. The lowest BCUT2D eigenvalue weighted by Gasteiger charge is -2.07. The number of carbonyl (C=O) groups excluding carboxylic acids is 1. The average molecular weight is 345 g/mol. The minimum Gasteiger partial charge on any atom is -0.457 e. The van der Waals surface area contributed by atoms with Crippen LogP contribution in [0.3, 0.4) is 0 Å². The van der Waals surface area contributed by atoms with Gasteiger partial charge in [0.1, 0.15) is 11.5 Å². The maximum atomic E-state index is 12.4. The number of ether oxygens (including phenoxy) is 1. The fraction of sp³-hybridized carbons (Fsp3) is 0. The van der Waals surface area contributed by atoms with E-state index in [1.165, 1.54) is 11.3 Å². The van der Waals surface area contributed by atoms with Gasteiger partial charge in [-0.3, -0.25) is 4.79 Å². The molecule has 3 aromatic carbocycles. The second kappa shape index (κ2) is 6.79. The molecule has 1 amide bonds. The van der Waals surface area contributed by atoms with Crippen molar-refractivity contribution in [1.29, 1.82) is 0 Å². The molecule has 1 N–H and O–H groups in total. The zero-order chi connectivity index (χ0) is 17.1. The van der Waals surface area contributed by atoms with Gasteiger partial charge in [0.15, 0.2) is 0 Å². The molecule has 1 aromatic heterocycles. The van der Waals surface area contributed by atoms with Gasteiger partial charge in [0, 0.05) is 10.4 Å². The van der Waals surface area contributed by atoms with Crippen LogP contribution in [0.5, 0.6) is 11.5 Å². The van der Waals surface area contributed by atoms with E-state index in [0.717, 1.165) is 27.3 Å². The zero-order valence-corrected chi connectivity index (χ0v) is 14.1. The van der Waals surface area contributed by atoms with Crippen LogP contribution in [0.4, 0.5) is 5.69 Å². The van der Waals surface area contributed by atoms with Crippen molar-refractivity contribution in [2.24, 2.45) is 0 Å². The van der Waals surface area contributed by atoms with E-state index in [-0.39, 0.29) is 5.91 Å². The molecule has 4 rings (SSSR count). The molecule has 0 atom stereocenters. The van der Waals surface area contributed by atoms with Gasteiger partial charge in [-0.15, -0.1) is 11.3 Å². The summed E-state index contributed by atoms with van der Waals surface area (Å²) in [5, 5.41) is 4.01. The Balaban J connectivity index is 1.46. The van der Waals surface area contributed by atoms with Gasteiger partial charge in [-0.05, 0) is 53.9 Å². The van der Waals surface area contributed by atoms with Crippen LogP contribution in [0.2, 0.25) is 0 Å². The molecule has 0 saturated heterocycles. The number of benzene rings is 3. The summed E-state index contributed by atoms with van der Waals surface area (Å²) in [4.78, 5) is 13.1. The van der Waals surface area contributed by atoms with E-state index in [1.807, 2.05) is 84.9 Å². The number of thiophene rings is 1. The summed E-state index contributed by atoms with van der Waals surface area (Å²) in [6.07, 6.45) is 0. The van der Waals surface area contributed by atoms with E-state index in [1.54, 1.807) is 0 Å². The SMILES string of the molecule is O=C(Nc1ccc(Oc2ccccc2)cc1)c1cc2ccccc2s1. The smallest absolute Gasteiger partial charge is 0.265 e. The predicted molar refractivity (Wildman–Crippen MR) is 103 cm³/mol. The van der Waals surface area contributed by atoms with E-state index in [0.29, 0.717) is 4.88 Å². The van der Waals surface area contributed by atoms with Gasteiger partial charge in [-0.1, -0.05) is 36.4 Å². The lowest BCUT2D eigenvalue weighted by atomic mass is 10.2. The number of hydrogen-bond donors (Lipinski definition) is 1. The summed E-state index contributed by atoms with van der Waals surface area (Å²) >= 11 is 1.49. The topological polar surface area (TPSA) is 38.3 Å². The van der Waals surface area contributed by atoms with E-state index in [9.17, 15) is 4.79 Å². The van der Waals surface area contributed by atoms with Crippen molar-refractivity contribution < 1.29 is 9.53 Å². The Labute approximate surface area is 149 Å². The van der Waals surface area contributed by atoms with Crippen LogP contribution in [0.15, 0.2) is 84.9 Å². The molecule has 4 aromatic rings. The minimum atomic E-state index is -0.0991. The first-order valence-electron chi connectivity index (χ1n) is 7.91. The number of anilines is 1. The Morgan fingerprint density at radius 3 is 2.24 bits per heavy atom. The Kier molecular flexibility index (Phi) is 4.19. The quantitative estimate of drug-likeness (QED) is 0.496. The third-order valence-corrected chi connectivity index (χ3v) is 4.86. The third-order valence-electron chi connectivity index (χ3n) is 3.74. The van der Waals surface area contributed by atoms with Crippen LogP contribution < -0.4 is 10.1 Å². The summed E-state index contributed by atoms with van der Waals surface area (Å²) in [6, 6.07) is 26.9. The van der Waals surface area contributed by atoms with Gasteiger partial charge in [-0.2, -0.15) is 0 Å². The first-order valence-corrected chi connectivity index (χ1v) is 8.72. The number of fused-ring (bicyclic) bond motifs is 1. The van der Waals surface area contributed by atoms with E-state index < -0.39 is 0 Å². The molecule has 0 aliphatic heterocycles. The molecule has 0 radical (unpaired) electrons. The van der Waals surface area contributed by atoms with Crippen LogP contribution in [0, 0.1) is 0 Å². The molecule has 4 heteroatoms. The Morgan fingerprint density at radius 1 is 0.800 bits per heavy atom. The van der Waals surface area contributed by atoms with Crippen molar-refractivity contribution in [1.82, 2.24) is 0 Å². The molecule has 122 valence electrons. The highest BCUT2D eigenvalue weighted by Gasteiger charge is 2.10. The molecular formula is C21H15NO2S. The Hall–Kier alpha value is -3.11. The van der Waals surface area contributed by atoms with Crippen molar-refractivity contribution in [2.45, 2.75) is 0 Å². The van der Waals surface area contributed by atoms with Crippen molar-refractivity contribution in [3.63, 3.8) is 0 Å². The molecule has 25 heavy (non-hydrogen) atoms. The van der Waals surface area contributed by atoms with Crippen molar-refractivity contribution in [3.05, 3.63) is 89.8 Å². The number of amides is 1. The first kappa shape index (κ1) is 15.4. The minimum absolute atomic E-state index is 0.0991. The van der Waals surface area contributed by atoms with E-state index >= 15 is 0 Å². The van der Waals surface area contributed by atoms with Gasteiger partial charge >= 0.3 is 0 Å². The maximum absolute atomic E-state index is 12.4. The van der Waals surface area contributed by atoms with Crippen molar-refractivity contribution >= 4 is 33.0 Å². The summed E-state index contributed by atoms with van der Waals surface area (Å²) in [5.41, 5.74) is 0.739. The number of para-hydroxylation sites is 1. The Morgan fingerprint density at radius 2 is 1.48 bits per heavy atom. The van der Waals surface area contributed by atoms with Gasteiger partial charge in [0.2, 0.25) is 0 Å². The molecule has 0 saturated carbocycles. The summed E-state index contributed by atoms with van der Waals surface area (Å²) in [5.74, 6) is 1.41. The molecule has 0 aliphatic rings. The van der Waals surface area contributed by atoms with Gasteiger partial charge in [-0.25, -0.2) is 0 Å². The molecular weight excluding hydrogens is 330 g/mol. The first-order chi connectivity index (χ1) is 12.3. The lowest BCUT2D eigenvalue weighted by Crippen LogP contribution is -2.09. The summed E-state index contributed by atoms with van der Waals surface area (Å²) < 4.78 is 6.86. The average Bonchev–Trinajstić information content (AvgIpc) is 3.09. The second-order valence-corrected chi connectivity index (χ2v) is 6.63. The summed E-state index contributed by atoms with van der Waals surface area (Å²) in [7, 11) is 0. The fourth-order valence-corrected chi connectivity index (χ4v) is 3.48. The van der Waals surface area contributed by atoms with Crippen LogP contribution in [0.1, 0.15) is 9.67 Å². The van der Waals surface area contributed by atoms with E-state index in [4.69, 9.17) is 4.74 Å². The van der Waals surface area contributed by atoms with Crippen LogP contribution in [-0.4, -0.2) is 5.91 Å². The molecule has 0 fully saturated rings. The van der Waals surface area contributed by atoms with Crippen molar-refractivity contribution in [3.8, 4) is 11.5 Å². The molecule has 3 nitrogen and oxygen atoms in total. The highest BCUT2D eigenvalue weighted by atomic mass is 32.1. The van der Waals surface area contributed by atoms with Gasteiger partial charge in [0.05, 0.1) is 4.88 Å². The highest BCUT2D eigenvalue weighted by molar-refractivity contribution is 7.20. The zero-order valence-electron chi connectivity index (χ0n) is 13.3. The van der Waals surface area contributed by atoms with Crippen molar-refractivity contribution in [2.75, 3.05) is 5.32 Å². The third kappa shape index (κ3) is 3.54. The highest BCUT2D eigenvalue weighted by Crippen LogP contribution is 2.27. The fourth-order valence-electron chi connectivity index (χ4n) is 2.52. The monoisotopic (exact) mass is 345 g/mol. The standard InChI is InChI=1S/C21H15NO2S/c23-21(20-14-15-6-4-5-9-19(15)25-20)22-16-10-12-18(13-11-16)24-17-7-2-1-3-8-17/h1-14H,(H,22,23). The molecule has 0 spiro atoms. The molecule has 0 unspecified atom stereocenters. The predicted octanol–water partition coefficient (Wildman–Crippen LogP) is 5.95. The Bertz CT molecular complexity index is 974. The maximum Gasteiger partial charge on any atom is 0.265 e. The number of rotatable bonds is 4. The number of nitrogens with one attached hydrogen (secondary N) is 1. The van der Waals surface area contributed by atoms with Crippen LogP contribution in [0.25, 0.3) is 10.1 Å². The van der Waals surface area contributed by atoms with E-state index in [2.05, 4.69) is 5.32 Å². The lowest BCUT2D eigenvalue weighted by molar-refractivity contribution is 0.103. The summed E-state index contributed by atoms with van der Waals surface area (Å²) in [6.45, 7) is 0.